The van der Waals surface area contributed by atoms with E-state index in [4.69, 9.17) is 0 Å². The molecule has 2 aromatic rings. The molecular formula is C18H15F6NO. The van der Waals surface area contributed by atoms with Crippen LogP contribution in [0.2, 0.25) is 0 Å². The summed E-state index contributed by atoms with van der Waals surface area (Å²) in [5.41, 5.74) is -1.79. The Labute approximate surface area is 146 Å². The second-order valence-corrected chi connectivity index (χ2v) is 5.88. The highest BCUT2D eigenvalue weighted by atomic mass is 19.4. The zero-order valence-electron chi connectivity index (χ0n) is 14.1. The van der Waals surface area contributed by atoms with Gasteiger partial charge in [-0.25, -0.2) is 0 Å². The molecule has 2 rings (SSSR count). The van der Waals surface area contributed by atoms with E-state index >= 15 is 0 Å². The molecule has 0 heterocycles. The summed E-state index contributed by atoms with van der Waals surface area (Å²) in [7, 11) is 1.30. The number of anilines is 1. The molecule has 140 valence electrons. The third-order valence-corrected chi connectivity index (χ3v) is 4.08. The molecule has 0 fully saturated rings. The summed E-state index contributed by atoms with van der Waals surface area (Å²) in [4.78, 5) is 13.6. The third kappa shape index (κ3) is 4.00. The van der Waals surface area contributed by atoms with E-state index in [9.17, 15) is 31.1 Å². The SMILES string of the molecule is Cc1cccc(N(C)C(=O)c2cc(C(F)(F)F)cc(C(F)(F)F)c2)c1C. The first kappa shape index (κ1) is 19.8. The van der Waals surface area contributed by atoms with Crippen molar-refractivity contribution in [2.75, 3.05) is 11.9 Å². The van der Waals surface area contributed by atoms with Gasteiger partial charge in [-0.3, -0.25) is 4.79 Å². The minimum atomic E-state index is -5.01. The first-order valence-electron chi connectivity index (χ1n) is 7.46. The second-order valence-electron chi connectivity index (χ2n) is 5.88. The van der Waals surface area contributed by atoms with E-state index in [-0.39, 0.29) is 6.07 Å². The molecule has 0 aliphatic heterocycles. The molecule has 2 nitrogen and oxygen atoms in total. The van der Waals surface area contributed by atoms with Crippen LogP contribution in [0, 0.1) is 13.8 Å². The fourth-order valence-corrected chi connectivity index (χ4v) is 2.48. The average molecular weight is 375 g/mol. The van der Waals surface area contributed by atoms with Gasteiger partial charge in [-0.15, -0.1) is 0 Å². The van der Waals surface area contributed by atoms with E-state index in [1.54, 1.807) is 32.0 Å². The van der Waals surface area contributed by atoms with Gasteiger partial charge in [-0.1, -0.05) is 12.1 Å². The highest BCUT2D eigenvalue weighted by Crippen LogP contribution is 2.36. The lowest BCUT2D eigenvalue weighted by atomic mass is 10.0. The van der Waals surface area contributed by atoms with E-state index in [0.717, 1.165) is 10.5 Å². The fraction of sp³-hybridized carbons (Fsp3) is 0.278. The van der Waals surface area contributed by atoms with Gasteiger partial charge >= 0.3 is 12.4 Å². The first-order chi connectivity index (χ1) is 11.8. The molecule has 0 saturated carbocycles. The predicted octanol–water partition coefficient (Wildman–Crippen LogP) is 5.62. The van der Waals surface area contributed by atoms with Gasteiger partial charge in [0.05, 0.1) is 11.1 Å². The number of halogens is 6. The number of nitrogens with zero attached hydrogens (tertiary/aromatic N) is 1. The molecule has 26 heavy (non-hydrogen) atoms. The smallest absolute Gasteiger partial charge is 0.311 e. The molecule has 0 aromatic heterocycles. The zero-order valence-corrected chi connectivity index (χ0v) is 14.1. The fourth-order valence-electron chi connectivity index (χ4n) is 2.48. The monoisotopic (exact) mass is 375 g/mol. The number of benzene rings is 2. The van der Waals surface area contributed by atoms with Crippen LogP contribution in [0.15, 0.2) is 36.4 Å². The number of hydrogen-bond donors (Lipinski definition) is 0. The van der Waals surface area contributed by atoms with Crippen LogP contribution in [0.25, 0.3) is 0 Å². The van der Waals surface area contributed by atoms with E-state index in [0.29, 0.717) is 23.4 Å². The molecule has 0 atom stereocenters. The van der Waals surface area contributed by atoms with E-state index in [1.807, 2.05) is 0 Å². The van der Waals surface area contributed by atoms with Crippen molar-refractivity contribution in [3.8, 4) is 0 Å². The number of aryl methyl sites for hydroxylation is 1. The van der Waals surface area contributed by atoms with Gasteiger partial charge in [0.25, 0.3) is 5.91 Å². The Morgan fingerprint density at radius 3 is 1.85 bits per heavy atom. The zero-order chi connectivity index (χ0) is 19.9. The van der Waals surface area contributed by atoms with Crippen LogP contribution in [0.3, 0.4) is 0 Å². The summed E-state index contributed by atoms with van der Waals surface area (Å²) in [6.07, 6.45) is -10.0. The number of alkyl halides is 6. The van der Waals surface area contributed by atoms with E-state index in [2.05, 4.69) is 0 Å². The van der Waals surface area contributed by atoms with Crippen molar-refractivity contribution in [1.82, 2.24) is 0 Å². The largest absolute Gasteiger partial charge is 0.416 e. The second kappa shape index (κ2) is 6.66. The van der Waals surface area contributed by atoms with Gasteiger partial charge in [0.15, 0.2) is 0 Å². The predicted molar refractivity (Wildman–Crippen MR) is 85.1 cm³/mol. The minimum Gasteiger partial charge on any atom is -0.311 e. The lowest BCUT2D eigenvalue weighted by Crippen LogP contribution is -2.28. The van der Waals surface area contributed by atoms with Gasteiger partial charge in [0, 0.05) is 18.3 Å². The van der Waals surface area contributed by atoms with Crippen molar-refractivity contribution in [2.45, 2.75) is 26.2 Å². The van der Waals surface area contributed by atoms with Crippen LogP contribution in [0.1, 0.15) is 32.6 Å². The Morgan fingerprint density at radius 1 is 0.885 bits per heavy atom. The molecule has 0 N–H and O–H groups in total. The number of hydrogen-bond acceptors (Lipinski definition) is 1. The van der Waals surface area contributed by atoms with Gasteiger partial charge in [0.1, 0.15) is 0 Å². The van der Waals surface area contributed by atoms with Gasteiger partial charge in [-0.05, 0) is 49.2 Å². The Morgan fingerprint density at radius 2 is 1.38 bits per heavy atom. The Bertz CT molecular complexity index is 806. The number of carbonyl (C=O) groups is 1. The van der Waals surface area contributed by atoms with Gasteiger partial charge in [-0.2, -0.15) is 26.3 Å². The van der Waals surface area contributed by atoms with Crippen LogP contribution in [0.5, 0.6) is 0 Å². The lowest BCUT2D eigenvalue weighted by Gasteiger charge is -2.22. The maximum atomic E-state index is 12.9. The highest BCUT2D eigenvalue weighted by Gasteiger charge is 2.37. The molecule has 8 heteroatoms. The summed E-state index contributed by atoms with van der Waals surface area (Å²) in [5, 5.41) is 0. The summed E-state index contributed by atoms with van der Waals surface area (Å²) in [6, 6.07) is 5.85. The van der Waals surface area contributed by atoms with E-state index in [1.165, 1.54) is 7.05 Å². The number of amides is 1. The van der Waals surface area contributed by atoms with Crippen LogP contribution in [-0.2, 0) is 12.4 Å². The summed E-state index contributed by atoms with van der Waals surface area (Å²) < 4.78 is 77.7. The van der Waals surface area contributed by atoms with Crippen LogP contribution in [0.4, 0.5) is 32.0 Å². The number of carbonyl (C=O) groups excluding carboxylic acids is 1. The summed E-state index contributed by atoms with van der Waals surface area (Å²) in [6.45, 7) is 3.49. The molecule has 2 aromatic carbocycles. The van der Waals surface area contributed by atoms with Crippen LogP contribution in [-0.4, -0.2) is 13.0 Å². The maximum Gasteiger partial charge on any atom is 0.416 e. The van der Waals surface area contributed by atoms with Crippen LogP contribution < -0.4 is 4.90 Å². The normalized spacial score (nSPS) is 12.2. The van der Waals surface area contributed by atoms with Gasteiger partial charge in [0.2, 0.25) is 0 Å². The molecular weight excluding hydrogens is 360 g/mol. The lowest BCUT2D eigenvalue weighted by molar-refractivity contribution is -0.143. The molecule has 0 aliphatic rings. The summed E-state index contributed by atoms with van der Waals surface area (Å²) >= 11 is 0. The summed E-state index contributed by atoms with van der Waals surface area (Å²) in [5.74, 6) is -0.963. The van der Waals surface area contributed by atoms with E-state index < -0.39 is 35.0 Å². The minimum absolute atomic E-state index is 0.00526. The highest BCUT2D eigenvalue weighted by molar-refractivity contribution is 6.06. The van der Waals surface area contributed by atoms with Crippen LogP contribution >= 0.6 is 0 Å². The van der Waals surface area contributed by atoms with Crippen molar-refractivity contribution >= 4 is 11.6 Å². The van der Waals surface area contributed by atoms with Crippen molar-refractivity contribution in [2.24, 2.45) is 0 Å². The Balaban J connectivity index is 2.56. The van der Waals surface area contributed by atoms with Crippen molar-refractivity contribution < 1.29 is 31.1 Å². The van der Waals surface area contributed by atoms with Gasteiger partial charge < -0.3 is 4.90 Å². The quantitative estimate of drug-likeness (QED) is 0.624. The van der Waals surface area contributed by atoms with Crippen molar-refractivity contribution in [1.29, 1.82) is 0 Å². The molecule has 0 bridgehead atoms. The molecule has 0 saturated heterocycles. The Hall–Kier alpha value is -2.51. The third-order valence-electron chi connectivity index (χ3n) is 4.08. The number of rotatable bonds is 2. The standard InChI is InChI=1S/C18H15F6NO/c1-10-5-4-6-15(11(10)2)25(3)16(26)12-7-13(17(19,20)21)9-14(8-12)18(22,23)24/h4-9H,1-3H3. The van der Waals surface area contributed by atoms with Crippen molar-refractivity contribution in [3.63, 3.8) is 0 Å². The molecule has 0 radical (unpaired) electrons. The first-order valence-corrected chi connectivity index (χ1v) is 7.46. The average Bonchev–Trinajstić information content (AvgIpc) is 2.54. The molecule has 0 aliphatic carbocycles. The molecule has 1 amide bonds. The topological polar surface area (TPSA) is 20.3 Å². The maximum absolute atomic E-state index is 12.9. The van der Waals surface area contributed by atoms with Crippen molar-refractivity contribution in [3.05, 3.63) is 64.2 Å². The Kier molecular flexibility index (Phi) is 5.07. The molecule has 0 spiro atoms. The molecule has 0 unspecified atom stereocenters.